The van der Waals surface area contributed by atoms with Crippen LogP contribution in [0, 0.1) is 6.92 Å². The molecule has 0 spiro atoms. The van der Waals surface area contributed by atoms with Crippen LogP contribution in [0.15, 0.2) is 48.5 Å². The lowest BCUT2D eigenvalue weighted by Gasteiger charge is -2.41. The van der Waals surface area contributed by atoms with Gasteiger partial charge in [0.1, 0.15) is 6.42 Å². The van der Waals surface area contributed by atoms with Crippen molar-refractivity contribution in [2.24, 2.45) is 0 Å². The molecule has 1 aliphatic carbocycles. The van der Waals surface area contributed by atoms with Gasteiger partial charge in [-0.15, -0.1) is 0 Å². The third kappa shape index (κ3) is 4.85. The van der Waals surface area contributed by atoms with E-state index < -0.39 is 0 Å². The third-order valence-electron chi connectivity index (χ3n) is 6.12. The molecule has 2 aromatic rings. The van der Waals surface area contributed by atoms with Crippen molar-refractivity contribution in [2.75, 3.05) is 31.5 Å². The first-order valence-electron chi connectivity index (χ1n) is 10.5. The summed E-state index contributed by atoms with van der Waals surface area (Å²) in [4.78, 5) is 29.2. The van der Waals surface area contributed by atoms with Crippen molar-refractivity contribution in [3.8, 4) is 0 Å². The van der Waals surface area contributed by atoms with Crippen molar-refractivity contribution in [1.29, 1.82) is 0 Å². The van der Waals surface area contributed by atoms with Crippen LogP contribution >= 0.6 is 0 Å². The third-order valence-corrected chi connectivity index (χ3v) is 6.12. The van der Waals surface area contributed by atoms with Gasteiger partial charge in [-0.2, -0.15) is 0 Å². The summed E-state index contributed by atoms with van der Waals surface area (Å²) in [5.74, 6) is -0.323. The molecule has 4 rings (SSSR count). The number of anilines is 1. The maximum atomic E-state index is 12.6. The first kappa shape index (κ1) is 19.6. The monoisotopic (exact) mass is 391 g/mol. The Hall–Kier alpha value is -2.66. The number of rotatable bonds is 4. The summed E-state index contributed by atoms with van der Waals surface area (Å²) in [6, 6.07) is 16.9. The summed E-state index contributed by atoms with van der Waals surface area (Å²) in [6.07, 6.45) is 3.33. The van der Waals surface area contributed by atoms with Crippen LogP contribution < -0.4 is 5.32 Å². The Kier molecular flexibility index (Phi) is 5.95. The zero-order valence-electron chi connectivity index (χ0n) is 17.1. The van der Waals surface area contributed by atoms with E-state index >= 15 is 0 Å². The number of hydrogen-bond acceptors (Lipinski definition) is 3. The number of fused-ring (bicyclic) bond motifs is 1. The van der Waals surface area contributed by atoms with Crippen molar-refractivity contribution in [2.45, 2.75) is 38.6 Å². The van der Waals surface area contributed by atoms with Gasteiger partial charge in [-0.3, -0.25) is 14.5 Å². The number of hydrogen-bond donors (Lipinski definition) is 1. The summed E-state index contributed by atoms with van der Waals surface area (Å²) in [7, 11) is 0. The lowest BCUT2D eigenvalue weighted by molar-refractivity contribution is -0.136. The zero-order chi connectivity index (χ0) is 20.2. The molecular weight excluding hydrogens is 362 g/mol. The average Bonchev–Trinajstić information content (AvgIpc) is 2.73. The van der Waals surface area contributed by atoms with Crippen LogP contribution in [-0.4, -0.2) is 53.8 Å². The van der Waals surface area contributed by atoms with E-state index in [0.29, 0.717) is 19.1 Å². The van der Waals surface area contributed by atoms with E-state index in [0.717, 1.165) is 37.2 Å². The van der Waals surface area contributed by atoms with Gasteiger partial charge in [-0.25, -0.2) is 0 Å². The molecular formula is C24H29N3O2. The second-order valence-electron chi connectivity index (χ2n) is 8.18. The molecule has 1 unspecified atom stereocenters. The Morgan fingerprint density at radius 1 is 1.00 bits per heavy atom. The number of nitrogens with one attached hydrogen (secondary N) is 1. The fourth-order valence-electron chi connectivity index (χ4n) is 4.50. The van der Waals surface area contributed by atoms with Gasteiger partial charge < -0.3 is 10.2 Å². The topological polar surface area (TPSA) is 52.7 Å². The Balaban J connectivity index is 1.25. The van der Waals surface area contributed by atoms with E-state index in [2.05, 4.69) is 34.5 Å². The fraction of sp³-hybridized carbons (Fsp3) is 0.417. The van der Waals surface area contributed by atoms with E-state index in [-0.39, 0.29) is 18.2 Å². The molecule has 0 bridgehead atoms. The van der Waals surface area contributed by atoms with Crippen molar-refractivity contribution in [3.05, 3.63) is 65.2 Å². The second kappa shape index (κ2) is 8.78. The lowest BCUT2D eigenvalue weighted by atomic mass is 9.87. The summed E-state index contributed by atoms with van der Waals surface area (Å²) in [5, 5.41) is 2.83. The summed E-state index contributed by atoms with van der Waals surface area (Å²) >= 11 is 0. The molecule has 0 aromatic heterocycles. The lowest BCUT2D eigenvalue weighted by Crippen LogP contribution is -2.53. The molecule has 1 aliphatic heterocycles. The molecule has 5 nitrogen and oxygen atoms in total. The first-order valence-corrected chi connectivity index (χ1v) is 10.5. The quantitative estimate of drug-likeness (QED) is 0.815. The minimum Gasteiger partial charge on any atom is -0.340 e. The van der Waals surface area contributed by atoms with Crippen LogP contribution in [0.4, 0.5) is 5.69 Å². The number of carbonyl (C=O) groups is 2. The number of amides is 2. The van der Waals surface area contributed by atoms with Gasteiger partial charge in [0.25, 0.3) is 0 Å². The molecule has 5 heteroatoms. The van der Waals surface area contributed by atoms with Crippen molar-refractivity contribution >= 4 is 17.5 Å². The summed E-state index contributed by atoms with van der Waals surface area (Å²) < 4.78 is 0. The van der Waals surface area contributed by atoms with Gasteiger partial charge >= 0.3 is 0 Å². The highest BCUT2D eigenvalue weighted by Gasteiger charge is 2.29. The molecule has 1 atom stereocenters. The average molecular weight is 392 g/mol. The molecule has 152 valence electrons. The number of nitrogens with zero attached hydrogens (tertiary/aromatic N) is 2. The van der Waals surface area contributed by atoms with Crippen LogP contribution in [-0.2, 0) is 22.4 Å². The predicted octanol–water partition coefficient (Wildman–Crippen LogP) is 3.03. The van der Waals surface area contributed by atoms with E-state index in [1.54, 1.807) is 0 Å². The van der Waals surface area contributed by atoms with Crippen LogP contribution in [0.1, 0.15) is 29.5 Å². The second-order valence-corrected chi connectivity index (χ2v) is 8.18. The molecule has 2 aliphatic rings. The highest BCUT2D eigenvalue weighted by Crippen LogP contribution is 2.25. The normalized spacial score (nSPS) is 19.5. The Morgan fingerprint density at radius 3 is 2.52 bits per heavy atom. The number of benzene rings is 2. The summed E-state index contributed by atoms with van der Waals surface area (Å²) in [6.45, 7) is 5.16. The van der Waals surface area contributed by atoms with Gasteiger partial charge in [-0.1, -0.05) is 36.4 Å². The minimum absolute atomic E-state index is 0.0798. The van der Waals surface area contributed by atoms with Crippen LogP contribution in [0.5, 0.6) is 0 Å². The molecule has 1 N–H and O–H groups in total. The zero-order valence-corrected chi connectivity index (χ0v) is 17.1. The Bertz CT molecular complexity index is 887. The van der Waals surface area contributed by atoms with Crippen molar-refractivity contribution in [3.63, 3.8) is 0 Å². The maximum absolute atomic E-state index is 12.6. The highest BCUT2D eigenvalue weighted by atomic mass is 16.2. The number of aryl methyl sites for hydroxylation is 2. The van der Waals surface area contributed by atoms with E-state index in [9.17, 15) is 9.59 Å². The molecule has 2 aromatic carbocycles. The SMILES string of the molecule is Cc1cccc(NC(=O)CC(=O)N2CCN(C3CCc4ccccc4C3)CC2)c1. The van der Waals surface area contributed by atoms with Crippen molar-refractivity contribution in [1.82, 2.24) is 9.80 Å². The molecule has 0 radical (unpaired) electrons. The number of piperazine rings is 1. The highest BCUT2D eigenvalue weighted by molar-refractivity contribution is 6.03. The molecule has 29 heavy (non-hydrogen) atoms. The minimum atomic E-state index is -0.244. The van der Waals surface area contributed by atoms with Crippen LogP contribution in [0.25, 0.3) is 0 Å². The predicted molar refractivity (Wildman–Crippen MR) is 115 cm³/mol. The molecule has 2 amide bonds. The molecule has 1 fully saturated rings. The molecule has 0 saturated carbocycles. The van der Waals surface area contributed by atoms with Crippen LogP contribution in [0.2, 0.25) is 0 Å². The van der Waals surface area contributed by atoms with Crippen molar-refractivity contribution < 1.29 is 9.59 Å². The molecule has 1 saturated heterocycles. The van der Waals surface area contributed by atoms with E-state index in [1.165, 1.54) is 17.5 Å². The largest absolute Gasteiger partial charge is 0.340 e. The maximum Gasteiger partial charge on any atom is 0.233 e. The fourth-order valence-corrected chi connectivity index (χ4v) is 4.50. The van der Waals surface area contributed by atoms with Gasteiger partial charge in [0.05, 0.1) is 0 Å². The van der Waals surface area contributed by atoms with E-state index in [1.807, 2.05) is 36.1 Å². The first-order chi connectivity index (χ1) is 14.1. The van der Waals surface area contributed by atoms with Gasteiger partial charge in [0.2, 0.25) is 11.8 Å². The Labute approximate surface area is 172 Å². The number of carbonyl (C=O) groups excluding carboxylic acids is 2. The Morgan fingerprint density at radius 2 is 1.76 bits per heavy atom. The summed E-state index contributed by atoms with van der Waals surface area (Å²) in [5.41, 5.74) is 4.77. The van der Waals surface area contributed by atoms with Gasteiger partial charge in [-0.05, 0) is 55.0 Å². The smallest absolute Gasteiger partial charge is 0.233 e. The van der Waals surface area contributed by atoms with Crippen LogP contribution in [0.3, 0.4) is 0 Å². The van der Waals surface area contributed by atoms with Gasteiger partial charge in [0.15, 0.2) is 0 Å². The standard InChI is InChI=1S/C24H29N3O2/c1-18-5-4-8-21(15-18)25-23(28)17-24(29)27-13-11-26(12-14-27)22-10-9-19-6-2-3-7-20(19)16-22/h2-8,15,22H,9-14,16-17H2,1H3,(H,25,28). The molecule has 1 heterocycles. The van der Waals surface area contributed by atoms with Gasteiger partial charge in [0, 0.05) is 37.9 Å². The van der Waals surface area contributed by atoms with E-state index in [4.69, 9.17) is 0 Å².